The molecule has 1 heterocycles. The Hall–Kier alpha value is -2.42. The van der Waals surface area contributed by atoms with Gasteiger partial charge >= 0.3 is 0 Å². The third-order valence-corrected chi connectivity index (χ3v) is 5.69. The fourth-order valence-electron chi connectivity index (χ4n) is 2.37. The van der Waals surface area contributed by atoms with Crippen LogP contribution >= 0.6 is 15.9 Å². The maximum absolute atomic E-state index is 12.3. The number of hydrogen-bond acceptors (Lipinski definition) is 4. The first kappa shape index (κ1) is 19.3. The van der Waals surface area contributed by atoms with Crippen molar-refractivity contribution in [1.82, 2.24) is 4.72 Å². The van der Waals surface area contributed by atoms with Gasteiger partial charge in [-0.1, -0.05) is 28.1 Å². The molecule has 1 amide bonds. The molecular weight excluding hydrogens is 432 g/mol. The Balaban J connectivity index is 1.59. The zero-order chi connectivity index (χ0) is 19.3. The van der Waals surface area contributed by atoms with Gasteiger partial charge in [0.25, 0.3) is 0 Å². The van der Waals surface area contributed by atoms with Crippen LogP contribution in [0.15, 0.2) is 80.7 Å². The van der Waals surface area contributed by atoms with Crippen molar-refractivity contribution < 1.29 is 17.6 Å². The Labute approximate surface area is 165 Å². The summed E-state index contributed by atoms with van der Waals surface area (Å²) in [5.41, 5.74) is 1.42. The van der Waals surface area contributed by atoms with Crippen molar-refractivity contribution in [1.29, 1.82) is 0 Å². The second-order valence-corrected chi connectivity index (χ2v) is 8.46. The number of carbonyl (C=O) groups excluding carboxylic acids is 1. The number of rotatable bonds is 7. The van der Waals surface area contributed by atoms with Gasteiger partial charge in [0.1, 0.15) is 5.76 Å². The molecule has 0 aliphatic heterocycles. The van der Waals surface area contributed by atoms with Crippen LogP contribution in [-0.4, -0.2) is 14.3 Å². The van der Waals surface area contributed by atoms with Crippen LogP contribution in [0.2, 0.25) is 0 Å². The fraction of sp³-hybridized carbons (Fsp3) is 0.105. The molecule has 0 fully saturated rings. The second kappa shape index (κ2) is 8.51. The molecule has 0 atom stereocenters. The molecule has 140 valence electrons. The molecule has 2 N–H and O–H groups in total. The Morgan fingerprint density at radius 3 is 2.33 bits per heavy atom. The van der Waals surface area contributed by atoms with Crippen molar-refractivity contribution in [2.75, 3.05) is 5.32 Å². The predicted octanol–water partition coefficient (Wildman–Crippen LogP) is 3.70. The van der Waals surface area contributed by atoms with Crippen LogP contribution in [-0.2, 0) is 27.8 Å². The summed E-state index contributed by atoms with van der Waals surface area (Å²) in [4.78, 5) is 12.2. The highest BCUT2D eigenvalue weighted by Crippen LogP contribution is 2.16. The molecule has 6 nitrogen and oxygen atoms in total. The number of nitrogens with one attached hydrogen (secondary N) is 2. The van der Waals surface area contributed by atoms with Crippen molar-refractivity contribution in [2.24, 2.45) is 0 Å². The lowest BCUT2D eigenvalue weighted by Gasteiger charge is -2.08. The molecule has 0 aliphatic rings. The highest BCUT2D eigenvalue weighted by atomic mass is 79.9. The Morgan fingerprint density at radius 1 is 1.00 bits per heavy atom. The van der Waals surface area contributed by atoms with Gasteiger partial charge in [-0.05, 0) is 54.1 Å². The molecule has 3 aromatic rings. The molecule has 0 bridgehead atoms. The maximum atomic E-state index is 12.3. The summed E-state index contributed by atoms with van der Waals surface area (Å²) in [6.45, 7) is 0.0704. The minimum atomic E-state index is -3.66. The number of carbonyl (C=O) groups is 1. The van der Waals surface area contributed by atoms with Crippen LogP contribution in [0.25, 0.3) is 0 Å². The SMILES string of the molecule is O=C(Cc1ccc(Br)cc1)Nc1ccc(S(=O)(=O)NCc2ccco2)cc1. The molecule has 0 radical (unpaired) electrons. The molecule has 0 saturated heterocycles. The van der Waals surface area contributed by atoms with Gasteiger partial charge in [-0.2, -0.15) is 0 Å². The van der Waals surface area contributed by atoms with E-state index < -0.39 is 10.0 Å². The van der Waals surface area contributed by atoms with E-state index in [9.17, 15) is 13.2 Å². The topological polar surface area (TPSA) is 88.4 Å². The van der Waals surface area contributed by atoms with Crippen molar-refractivity contribution in [2.45, 2.75) is 17.9 Å². The number of hydrogen-bond donors (Lipinski definition) is 2. The molecule has 2 aromatic carbocycles. The second-order valence-electron chi connectivity index (χ2n) is 5.78. The van der Waals surface area contributed by atoms with Gasteiger partial charge in [-0.15, -0.1) is 0 Å². The molecule has 1 aromatic heterocycles. The molecule has 0 unspecified atom stereocenters. The van der Waals surface area contributed by atoms with E-state index in [0.717, 1.165) is 10.0 Å². The van der Waals surface area contributed by atoms with E-state index in [2.05, 4.69) is 26.0 Å². The van der Waals surface area contributed by atoms with Gasteiger partial charge in [-0.25, -0.2) is 13.1 Å². The van der Waals surface area contributed by atoms with Crippen molar-refractivity contribution >= 4 is 37.5 Å². The highest BCUT2D eigenvalue weighted by Gasteiger charge is 2.14. The third-order valence-electron chi connectivity index (χ3n) is 3.74. The lowest BCUT2D eigenvalue weighted by Crippen LogP contribution is -2.23. The highest BCUT2D eigenvalue weighted by molar-refractivity contribution is 9.10. The molecule has 8 heteroatoms. The molecule has 27 heavy (non-hydrogen) atoms. The third kappa shape index (κ3) is 5.53. The lowest BCUT2D eigenvalue weighted by molar-refractivity contribution is -0.115. The number of amides is 1. The summed E-state index contributed by atoms with van der Waals surface area (Å²) < 4.78 is 33.1. The summed E-state index contributed by atoms with van der Waals surface area (Å²) >= 11 is 3.35. The van der Waals surface area contributed by atoms with Crippen LogP contribution < -0.4 is 10.0 Å². The van der Waals surface area contributed by atoms with Crippen LogP contribution in [0.3, 0.4) is 0 Å². The maximum Gasteiger partial charge on any atom is 0.240 e. The minimum Gasteiger partial charge on any atom is -0.468 e. The average Bonchev–Trinajstić information content (AvgIpc) is 3.16. The quantitative estimate of drug-likeness (QED) is 0.576. The minimum absolute atomic E-state index is 0.0704. The van der Waals surface area contributed by atoms with Crippen molar-refractivity contribution in [3.63, 3.8) is 0 Å². The van der Waals surface area contributed by atoms with Gasteiger partial charge in [-0.3, -0.25) is 4.79 Å². The van der Waals surface area contributed by atoms with Crippen molar-refractivity contribution in [3.05, 3.63) is 82.7 Å². The smallest absolute Gasteiger partial charge is 0.240 e. The van der Waals surface area contributed by atoms with E-state index in [-0.39, 0.29) is 23.8 Å². The van der Waals surface area contributed by atoms with Crippen LogP contribution in [0, 0.1) is 0 Å². The van der Waals surface area contributed by atoms with Crippen molar-refractivity contribution in [3.8, 4) is 0 Å². The van der Waals surface area contributed by atoms with Crippen LogP contribution in [0.4, 0.5) is 5.69 Å². The van der Waals surface area contributed by atoms with E-state index in [1.165, 1.54) is 18.4 Å². The summed E-state index contributed by atoms with van der Waals surface area (Å²) in [6, 6.07) is 16.9. The largest absolute Gasteiger partial charge is 0.468 e. The number of anilines is 1. The summed E-state index contributed by atoms with van der Waals surface area (Å²) in [5, 5.41) is 2.76. The van der Waals surface area contributed by atoms with Gasteiger partial charge in [0.15, 0.2) is 0 Å². The zero-order valence-corrected chi connectivity index (χ0v) is 16.6. The van der Waals surface area contributed by atoms with Crippen LogP contribution in [0.5, 0.6) is 0 Å². The fourth-order valence-corrected chi connectivity index (χ4v) is 3.63. The predicted molar refractivity (Wildman–Crippen MR) is 106 cm³/mol. The number of sulfonamides is 1. The Morgan fingerprint density at radius 2 is 1.70 bits per heavy atom. The molecular formula is C19H17BrN2O4S. The van der Waals surface area contributed by atoms with Gasteiger partial charge in [0.05, 0.1) is 24.1 Å². The van der Waals surface area contributed by atoms with Gasteiger partial charge in [0.2, 0.25) is 15.9 Å². The standard InChI is InChI=1S/C19H17BrN2O4S/c20-15-5-3-14(4-6-15)12-19(23)22-16-7-9-18(10-8-16)27(24,25)21-13-17-2-1-11-26-17/h1-11,21H,12-13H2,(H,22,23). The number of benzene rings is 2. The molecule has 0 saturated carbocycles. The lowest BCUT2D eigenvalue weighted by atomic mass is 10.1. The van der Waals surface area contributed by atoms with Crippen LogP contribution in [0.1, 0.15) is 11.3 Å². The average molecular weight is 449 g/mol. The molecule has 3 rings (SSSR count). The van der Waals surface area contributed by atoms with E-state index in [4.69, 9.17) is 4.42 Å². The monoisotopic (exact) mass is 448 g/mol. The van der Waals surface area contributed by atoms with E-state index >= 15 is 0 Å². The van der Waals surface area contributed by atoms with Gasteiger partial charge < -0.3 is 9.73 Å². The zero-order valence-electron chi connectivity index (χ0n) is 14.2. The first-order chi connectivity index (χ1) is 12.9. The molecule has 0 spiro atoms. The van der Waals surface area contributed by atoms with E-state index in [1.54, 1.807) is 24.3 Å². The van der Waals surface area contributed by atoms with Gasteiger partial charge in [0, 0.05) is 10.2 Å². The summed E-state index contributed by atoms with van der Waals surface area (Å²) in [7, 11) is -3.66. The Bertz CT molecular complexity index is 999. The normalized spacial score (nSPS) is 11.3. The Kier molecular flexibility index (Phi) is 6.10. The van der Waals surface area contributed by atoms with E-state index in [0.29, 0.717) is 11.4 Å². The summed E-state index contributed by atoms with van der Waals surface area (Å²) in [6.07, 6.45) is 1.72. The first-order valence-corrected chi connectivity index (χ1v) is 10.4. The first-order valence-electron chi connectivity index (χ1n) is 8.09. The number of halogens is 1. The van der Waals surface area contributed by atoms with E-state index in [1.807, 2.05) is 24.3 Å². The summed E-state index contributed by atoms with van der Waals surface area (Å²) in [5.74, 6) is 0.347. The number of furan rings is 1. The molecule has 0 aliphatic carbocycles.